The van der Waals surface area contributed by atoms with Crippen LogP contribution in [-0.4, -0.2) is 98.4 Å². The van der Waals surface area contributed by atoms with Crippen molar-refractivity contribution >= 4 is 17.9 Å². The van der Waals surface area contributed by atoms with Crippen LogP contribution < -0.4 is 10.6 Å². The molecule has 3 aliphatic rings. The Morgan fingerprint density at radius 2 is 1.37 bits per heavy atom. The quantitative estimate of drug-likeness (QED) is 0.0732. The highest BCUT2D eigenvalue weighted by Crippen LogP contribution is 2.40. The van der Waals surface area contributed by atoms with Gasteiger partial charge in [0.1, 0.15) is 23.9 Å². The number of nitrogens with one attached hydrogen (secondary N) is 4. The number of aliphatic hydroxyl groups is 1. The van der Waals surface area contributed by atoms with E-state index in [0.717, 1.165) is 70.7 Å². The predicted octanol–water partition coefficient (Wildman–Crippen LogP) is 7.16. The van der Waals surface area contributed by atoms with Crippen LogP contribution in [0.3, 0.4) is 0 Å². The molecule has 2 aromatic heterocycles. The highest BCUT2D eigenvalue weighted by molar-refractivity contribution is 5.90. The van der Waals surface area contributed by atoms with Gasteiger partial charge in [-0.3, -0.25) is 14.5 Å². The molecule has 326 valence electrons. The van der Waals surface area contributed by atoms with E-state index in [1.807, 2.05) is 66.4 Å². The van der Waals surface area contributed by atoms with Gasteiger partial charge in [-0.15, -0.1) is 0 Å². The number of H-pyrrole nitrogens is 2. The minimum atomic E-state index is -0.917. The summed E-state index contributed by atoms with van der Waals surface area (Å²) in [6, 6.07) is 24.5. The summed E-state index contributed by atoms with van der Waals surface area (Å²) >= 11 is 0. The molecule has 0 spiro atoms. The lowest BCUT2D eigenvalue weighted by molar-refractivity contribution is -0.138. The minimum absolute atomic E-state index is 0.0210. The highest BCUT2D eigenvalue weighted by atomic mass is 16.5. The first-order valence-electron chi connectivity index (χ1n) is 21.8. The van der Waals surface area contributed by atoms with Crippen LogP contribution in [0.1, 0.15) is 88.2 Å². The SMILES string of the molecule is COC[C@H]1C[C@@H](c2ncc(-c3ccc(-c4ccc(-c5cnc([C@@H]6CC[C@H](C)N6C(O)[C@@H](NC(=O)OC)C(C)C)[nH]5)cc4)cc3)[nH]2)N(C(=O)[C@H](NC(=O)C2CC2)c2ccccc2)C1. The first kappa shape index (κ1) is 42.8. The number of rotatable bonds is 15. The Morgan fingerprint density at radius 1 is 0.790 bits per heavy atom. The van der Waals surface area contributed by atoms with Crippen LogP contribution in [0, 0.1) is 17.8 Å². The molecule has 0 bridgehead atoms. The van der Waals surface area contributed by atoms with Gasteiger partial charge in [-0.25, -0.2) is 14.8 Å². The summed E-state index contributed by atoms with van der Waals surface area (Å²) in [5.41, 5.74) is 6.58. The number of alkyl carbamates (subject to hydrolysis) is 1. The van der Waals surface area contributed by atoms with Crippen LogP contribution in [0.15, 0.2) is 91.3 Å². The maximum absolute atomic E-state index is 14.4. The summed E-state index contributed by atoms with van der Waals surface area (Å²) in [5, 5.41) is 17.4. The molecule has 1 unspecified atom stereocenters. The van der Waals surface area contributed by atoms with Crippen LogP contribution >= 0.6 is 0 Å². The van der Waals surface area contributed by atoms with Crippen molar-refractivity contribution in [3.8, 4) is 33.6 Å². The number of aliphatic hydroxyl groups excluding tert-OH is 1. The largest absolute Gasteiger partial charge is 0.453 e. The Balaban J connectivity index is 0.948. The van der Waals surface area contributed by atoms with Gasteiger partial charge in [0.05, 0.1) is 55.6 Å². The number of carbonyl (C=O) groups is 3. The third-order valence-electron chi connectivity index (χ3n) is 12.8. The first-order valence-corrected chi connectivity index (χ1v) is 21.8. The second-order valence-electron chi connectivity index (χ2n) is 17.4. The van der Waals surface area contributed by atoms with Crippen LogP contribution in [0.4, 0.5) is 4.79 Å². The van der Waals surface area contributed by atoms with Crippen molar-refractivity contribution in [2.75, 3.05) is 27.4 Å². The lowest BCUT2D eigenvalue weighted by Gasteiger charge is -2.38. The lowest BCUT2D eigenvalue weighted by atomic mass is 10.0. The van der Waals surface area contributed by atoms with Gasteiger partial charge >= 0.3 is 6.09 Å². The maximum Gasteiger partial charge on any atom is 0.407 e. The van der Waals surface area contributed by atoms with Crippen LogP contribution in [0.2, 0.25) is 0 Å². The zero-order valence-corrected chi connectivity index (χ0v) is 36.1. The topological polar surface area (TPSA) is 178 Å². The van der Waals surface area contributed by atoms with E-state index in [0.29, 0.717) is 25.4 Å². The molecule has 4 heterocycles. The van der Waals surface area contributed by atoms with E-state index >= 15 is 0 Å². The Morgan fingerprint density at radius 3 is 1.92 bits per heavy atom. The zero-order chi connectivity index (χ0) is 43.5. The normalized spacial score (nSPS) is 21.8. The van der Waals surface area contributed by atoms with E-state index in [9.17, 15) is 19.5 Å². The van der Waals surface area contributed by atoms with Gasteiger partial charge in [-0.2, -0.15) is 0 Å². The average Bonchev–Trinajstić information content (AvgIpc) is 3.60. The van der Waals surface area contributed by atoms with Gasteiger partial charge in [-0.1, -0.05) is 92.7 Å². The summed E-state index contributed by atoms with van der Waals surface area (Å²) < 4.78 is 10.4. The van der Waals surface area contributed by atoms with E-state index in [1.54, 1.807) is 7.11 Å². The van der Waals surface area contributed by atoms with Gasteiger partial charge in [0.25, 0.3) is 0 Å². The fourth-order valence-electron chi connectivity index (χ4n) is 9.17. The van der Waals surface area contributed by atoms with E-state index < -0.39 is 24.4 Å². The molecular weight excluding hydrogens is 785 g/mol. The second kappa shape index (κ2) is 18.6. The van der Waals surface area contributed by atoms with E-state index in [-0.39, 0.29) is 47.7 Å². The summed E-state index contributed by atoms with van der Waals surface area (Å²) in [6.45, 7) is 7.05. The van der Waals surface area contributed by atoms with Gasteiger partial charge in [0.15, 0.2) is 0 Å². The second-order valence-corrected chi connectivity index (χ2v) is 17.4. The molecule has 5 N–H and O–H groups in total. The number of hydrogen-bond acceptors (Lipinski definition) is 9. The van der Waals surface area contributed by atoms with Gasteiger partial charge < -0.3 is 40.1 Å². The fourth-order valence-corrected chi connectivity index (χ4v) is 9.17. The lowest BCUT2D eigenvalue weighted by Crippen LogP contribution is -2.55. The van der Waals surface area contributed by atoms with Crippen LogP contribution in [0.25, 0.3) is 33.6 Å². The van der Waals surface area contributed by atoms with Gasteiger partial charge in [-0.05, 0) is 72.8 Å². The standard InChI is InChI=1S/C48H58N8O6/c1-28(2)41(54-48(60)62-5)47(59)56-29(3)11-22-39(56)43-49-24-37(51-43)33-16-12-31(13-17-33)32-14-18-34(19-15-32)38-25-50-44(52-38)40-23-30(27-61-4)26-55(40)46(58)42(35-9-7-6-8-10-35)53-45(57)36-20-21-36/h6-10,12-19,24-25,28-30,36,39-42,47,59H,11,20-23,26-27H2,1-5H3,(H,49,51)(H,50,52)(H,53,57)(H,54,60)/t29-,30-,39-,40-,41-,42+,47?/m0/s1. The summed E-state index contributed by atoms with van der Waals surface area (Å²) in [6.07, 6.45) is 6.29. The van der Waals surface area contributed by atoms with Crippen molar-refractivity contribution in [3.63, 3.8) is 0 Å². The molecule has 5 aromatic rings. The molecular formula is C48H58N8O6. The number of nitrogens with zero attached hydrogens (tertiary/aromatic N) is 4. The number of imidazole rings is 2. The third-order valence-corrected chi connectivity index (χ3v) is 12.8. The molecule has 8 rings (SSSR count). The average molecular weight is 843 g/mol. The van der Waals surface area contributed by atoms with Crippen molar-refractivity contribution < 1.29 is 29.0 Å². The Labute approximate surface area is 362 Å². The summed E-state index contributed by atoms with van der Waals surface area (Å²) in [4.78, 5) is 60.0. The number of amides is 3. The van der Waals surface area contributed by atoms with Crippen LogP contribution in [0.5, 0.6) is 0 Å². The maximum atomic E-state index is 14.4. The fraction of sp³-hybridized carbons (Fsp3) is 0.438. The van der Waals surface area contributed by atoms with Gasteiger partial charge in [0.2, 0.25) is 11.8 Å². The molecule has 2 aliphatic heterocycles. The number of benzene rings is 3. The molecule has 62 heavy (non-hydrogen) atoms. The molecule has 1 saturated carbocycles. The number of aromatic amines is 2. The van der Waals surface area contributed by atoms with E-state index in [2.05, 4.69) is 76.1 Å². The number of ether oxygens (including phenoxy) is 2. The molecule has 1 aliphatic carbocycles. The molecule has 3 fully saturated rings. The zero-order valence-electron chi connectivity index (χ0n) is 36.1. The predicted molar refractivity (Wildman–Crippen MR) is 235 cm³/mol. The van der Waals surface area contributed by atoms with E-state index in [1.165, 1.54) is 7.11 Å². The summed E-state index contributed by atoms with van der Waals surface area (Å²) in [5.74, 6) is 1.34. The Hall–Kier alpha value is -5.83. The molecule has 0 radical (unpaired) electrons. The molecule has 3 aromatic carbocycles. The van der Waals surface area contributed by atoms with Crippen molar-refractivity contribution in [3.05, 3.63) is 108 Å². The van der Waals surface area contributed by atoms with Crippen molar-refractivity contribution in [1.82, 2.24) is 40.4 Å². The van der Waals surface area contributed by atoms with Gasteiger partial charge in [0, 0.05) is 31.5 Å². The Bertz CT molecular complexity index is 2310. The number of hydrogen-bond donors (Lipinski definition) is 5. The highest BCUT2D eigenvalue weighted by Gasteiger charge is 2.43. The first-order chi connectivity index (χ1) is 30.0. The van der Waals surface area contributed by atoms with Crippen LogP contribution in [-0.2, 0) is 19.1 Å². The number of likely N-dealkylation sites (tertiary alicyclic amines) is 2. The summed E-state index contributed by atoms with van der Waals surface area (Å²) in [7, 11) is 3.00. The smallest absolute Gasteiger partial charge is 0.407 e. The molecule has 14 nitrogen and oxygen atoms in total. The van der Waals surface area contributed by atoms with Crippen molar-refractivity contribution in [2.45, 2.75) is 89.3 Å². The Kier molecular flexibility index (Phi) is 12.9. The monoisotopic (exact) mass is 842 g/mol. The van der Waals surface area contributed by atoms with E-state index in [4.69, 9.17) is 19.4 Å². The molecule has 2 saturated heterocycles. The molecule has 14 heteroatoms. The number of carbonyl (C=O) groups excluding carboxylic acids is 3. The number of aromatic nitrogens is 4. The molecule has 7 atom stereocenters. The van der Waals surface area contributed by atoms with Crippen molar-refractivity contribution in [2.24, 2.45) is 17.8 Å². The number of methoxy groups -OCH3 is 2. The molecule has 3 amide bonds. The third kappa shape index (κ3) is 9.18. The minimum Gasteiger partial charge on any atom is -0.453 e. The van der Waals surface area contributed by atoms with Crippen molar-refractivity contribution in [1.29, 1.82) is 0 Å².